The first-order valence-electron chi connectivity index (χ1n) is 8.01. The fourth-order valence-electron chi connectivity index (χ4n) is 2.72. The number of hydrogen-bond donors (Lipinski definition) is 1. The van der Waals surface area contributed by atoms with Gasteiger partial charge in [0.1, 0.15) is 6.61 Å². The highest BCUT2D eigenvalue weighted by molar-refractivity contribution is 5.78. The van der Waals surface area contributed by atoms with Gasteiger partial charge in [0.25, 0.3) is 0 Å². The van der Waals surface area contributed by atoms with E-state index in [0.717, 1.165) is 37.8 Å². The van der Waals surface area contributed by atoms with Crippen molar-refractivity contribution in [1.82, 2.24) is 4.90 Å². The van der Waals surface area contributed by atoms with E-state index in [1.165, 1.54) is 11.0 Å². The summed E-state index contributed by atoms with van der Waals surface area (Å²) in [4.78, 5) is 24.4. The molecule has 5 nitrogen and oxygen atoms in total. The van der Waals surface area contributed by atoms with E-state index in [9.17, 15) is 18.4 Å². The summed E-state index contributed by atoms with van der Waals surface area (Å²) >= 11 is 0. The van der Waals surface area contributed by atoms with Gasteiger partial charge >= 0.3 is 5.97 Å². The Kier molecular flexibility index (Phi) is 6.66. The molecule has 0 saturated heterocycles. The molecular weight excluding hydrogens is 320 g/mol. The summed E-state index contributed by atoms with van der Waals surface area (Å²) in [5, 5.41) is 8.81. The van der Waals surface area contributed by atoms with Gasteiger partial charge in [-0.25, -0.2) is 8.78 Å². The van der Waals surface area contributed by atoms with Crippen LogP contribution in [0.2, 0.25) is 0 Å². The lowest BCUT2D eigenvalue weighted by atomic mass is 10.2. The maximum absolute atomic E-state index is 13.3. The molecule has 0 bridgehead atoms. The van der Waals surface area contributed by atoms with Crippen LogP contribution in [-0.2, 0) is 20.9 Å². The summed E-state index contributed by atoms with van der Waals surface area (Å²) in [6.45, 7) is -0.132. The molecular formula is C17H21F2NO4. The number of carboxylic acids is 1. The maximum Gasteiger partial charge on any atom is 0.305 e. The third kappa shape index (κ3) is 5.56. The predicted octanol–water partition coefficient (Wildman–Crippen LogP) is 2.73. The Hall–Kier alpha value is -2.02. The fraction of sp³-hybridized carbons (Fsp3) is 0.529. The first kappa shape index (κ1) is 18.3. The smallest absolute Gasteiger partial charge is 0.305 e. The van der Waals surface area contributed by atoms with Gasteiger partial charge in [-0.05, 0) is 30.5 Å². The largest absolute Gasteiger partial charge is 0.481 e. The van der Waals surface area contributed by atoms with Crippen LogP contribution in [0.4, 0.5) is 8.78 Å². The van der Waals surface area contributed by atoms with Crippen LogP contribution in [0.1, 0.15) is 37.7 Å². The van der Waals surface area contributed by atoms with Gasteiger partial charge in [0.2, 0.25) is 5.91 Å². The summed E-state index contributed by atoms with van der Waals surface area (Å²) in [5.74, 6) is -3.35. The molecule has 1 aromatic rings. The first-order chi connectivity index (χ1) is 11.5. The topological polar surface area (TPSA) is 66.8 Å². The molecule has 24 heavy (non-hydrogen) atoms. The van der Waals surface area contributed by atoms with Gasteiger partial charge in [0.15, 0.2) is 11.6 Å². The van der Waals surface area contributed by atoms with E-state index in [1.807, 2.05) is 0 Å². The molecule has 0 radical (unpaired) electrons. The SMILES string of the molecule is O=C(O)CCN(Cc1ccc(F)c(F)c1)C(=O)COC1CCCC1. The van der Waals surface area contributed by atoms with E-state index in [2.05, 4.69) is 0 Å². The molecule has 1 N–H and O–H groups in total. The Morgan fingerprint density at radius 1 is 1.21 bits per heavy atom. The molecule has 0 heterocycles. The molecule has 1 fully saturated rings. The number of nitrogens with zero attached hydrogens (tertiary/aromatic N) is 1. The van der Waals surface area contributed by atoms with Gasteiger partial charge in [-0.15, -0.1) is 0 Å². The van der Waals surface area contributed by atoms with Gasteiger partial charge in [-0.2, -0.15) is 0 Å². The molecule has 1 aliphatic carbocycles. The van der Waals surface area contributed by atoms with Gasteiger partial charge in [0.05, 0.1) is 12.5 Å². The summed E-state index contributed by atoms with van der Waals surface area (Å²) in [5.41, 5.74) is 0.397. The highest BCUT2D eigenvalue weighted by Crippen LogP contribution is 2.21. The number of aliphatic carboxylic acids is 1. The average Bonchev–Trinajstić information content (AvgIpc) is 3.05. The molecule has 1 amide bonds. The Morgan fingerprint density at radius 2 is 1.92 bits per heavy atom. The summed E-state index contributed by atoms with van der Waals surface area (Å²) < 4.78 is 31.8. The molecule has 0 aliphatic heterocycles. The number of carbonyl (C=O) groups is 2. The van der Waals surface area contributed by atoms with Gasteiger partial charge in [-0.1, -0.05) is 18.9 Å². The lowest BCUT2D eigenvalue weighted by Crippen LogP contribution is -2.36. The number of rotatable bonds is 8. The Labute approximate surface area is 139 Å². The van der Waals surface area contributed by atoms with Crippen molar-refractivity contribution in [1.29, 1.82) is 0 Å². The van der Waals surface area contributed by atoms with E-state index in [4.69, 9.17) is 9.84 Å². The summed E-state index contributed by atoms with van der Waals surface area (Å²) in [7, 11) is 0. The molecule has 0 unspecified atom stereocenters. The van der Waals surface area contributed by atoms with E-state index in [-0.39, 0.29) is 38.1 Å². The lowest BCUT2D eigenvalue weighted by molar-refractivity contribution is -0.141. The van der Waals surface area contributed by atoms with Crippen LogP contribution in [0.15, 0.2) is 18.2 Å². The zero-order chi connectivity index (χ0) is 17.5. The molecule has 0 spiro atoms. The molecule has 1 saturated carbocycles. The van der Waals surface area contributed by atoms with Crippen LogP contribution in [0.25, 0.3) is 0 Å². The second-order valence-electron chi connectivity index (χ2n) is 5.92. The molecule has 1 aliphatic rings. The zero-order valence-corrected chi connectivity index (χ0v) is 13.3. The van der Waals surface area contributed by atoms with Crippen LogP contribution in [0.3, 0.4) is 0 Å². The van der Waals surface area contributed by atoms with Crippen molar-refractivity contribution in [2.75, 3.05) is 13.2 Å². The van der Waals surface area contributed by atoms with Crippen molar-refractivity contribution in [3.8, 4) is 0 Å². The van der Waals surface area contributed by atoms with E-state index >= 15 is 0 Å². The zero-order valence-electron chi connectivity index (χ0n) is 13.3. The van der Waals surface area contributed by atoms with Crippen molar-refractivity contribution < 1.29 is 28.2 Å². The van der Waals surface area contributed by atoms with Crippen LogP contribution in [0.5, 0.6) is 0 Å². The van der Waals surface area contributed by atoms with Crippen LogP contribution < -0.4 is 0 Å². The van der Waals surface area contributed by atoms with Crippen LogP contribution in [-0.4, -0.2) is 41.1 Å². The Bertz CT molecular complexity index is 588. The summed E-state index contributed by atoms with van der Waals surface area (Å²) in [6, 6.07) is 3.37. The number of benzene rings is 1. The van der Waals surface area contributed by atoms with Crippen molar-refractivity contribution in [3.63, 3.8) is 0 Å². The lowest BCUT2D eigenvalue weighted by Gasteiger charge is -2.23. The highest BCUT2D eigenvalue weighted by atomic mass is 19.2. The normalized spacial score (nSPS) is 14.8. The second-order valence-corrected chi connectivity index (χ2v) is 5.92. The third-order valence-electron chi connectivity index (χ3n) is 4.05. The van der Waals surface area contributed by atoms with Gasteiger partial charge in [-0.3, -0.25) is 9.59 Å². The number of hydrogen-bond acceptors (Lipinski definition) is 3. The Balaban J connectivity index is 1.97. The second kappa shape index (κ2) is 8.73. The molecule has 0 atom stereocenters. The fourth-order valence-corrected chi connectivity index (χ4v) is 2.72. The van der Waals surface area contributed by atoms with E-state index in [1.54, 1.807) is 0 Å². The number of amides is 1. The van der Waals surface area contributed by atoms with Crippen molar-refractivity contribution in [2.45, 2.75) is 44.8 Å². The molecule has 132 valence electrons. The monoisotopic (exact) mass is 341 g/mol. The standard InChI is InChI=1S/C17H21F2NO4/c18-14-6-5-12(9-15(14)19)10-20(8-7-17(22)23)16(21)11-24-13-3-1-2-4-13/h5-6,9,13H,1-4,7-8,10-11H2,(H,22,23). The van der Waals surface area contributed by atoms with Crippen molar-refractivity contribution in [3.05, 3.63) is 35.4 Å². The summed E-state index contributed by atoms with van der Waals surface area (Å²) in [6.07, 6.45) is 3.85. The minimum absolute atomic E-state index is 0.0112. The van der Waals surface area contributed by atoms with Crippen LogP contribution >= 0.6 is 0 Å². The van der Waals surface area contributed by atoms with Crippen LogP contribution in [0, 0.1) is 11.6 Å². The third-order valence-corrected chi connectivity index (χ3v) is 4.05. The average molecular weight is 341 g/mol. The van der Waals surface area contributed by atoms with Gasteiger partial charge < -0.3 is 14.7 Å². The number of carboxylic acid groups (broad SMARTS) is 1. The molecule has 2 rings (SSSR count). The number of carbonyl (C=O) groups excluding carboxylic acids is 1. The predicted molar refractivity (Wildman–Crippen MR) is 82.2 cm³/mol. The Morgan fingerprint density at radius 3 is 2.54 bits per heavy atom. The number of halogens is 2. The maximum atomic E-state index is 13.3. The van der Waals surface area contributed by atoms with E-state index in [0.29, 0.717) is 5.56 Å². The first-order valence-corrected chi connectivity index (χ1v) is 8.01. The van der Waals surface area contributed by atoms with Gasteiger partial charge in [0, 0.05) is 13.1 Å². The van der Waals surface area contributed by atoms with Crippen molar-refractivity contribution in [2.24, 2.45) is 0 Å². The number of ether oxygens (including phenoxy) is 1. The quantitative estimate of drug-likeness (QED) is 0.789. The molecule has 7 heteroatoms. The van der Waals surface area contributed by atoms with E-state index < -0.39 is 17.6 Å². The molecule has 0 aromatic heterocycles. The van der Waals surface area contributed by atoms with Crippen molar-refractivity contribution >= 4 is 11.9 Å². The highest BCUT2D eigenvalue weighted by Gasteiger charge is 2.20. The molecule has 1 aromatic carbocycles. The minimum Gasteiger partial charge on any atom is -0.481 e. The minimum atomic E-state index is -1.03.